The van der Waals surface area contributed by atoms with Gasteiger partial charge in [0.2, 0.25) is 0 Å². The zero-order chi connectivity index (χ0) is 16.0. The molecule has 0 fully saturated rings. The summed E-state index contributed by atoms with van der Waals surface area (Å²) in [5, 5.41) is 3.63. The number of hydrogen-bond acceptors (Lipinski definition) is 7. The second-order valence-corrected chi connectivity index (χ2v) is 4.13. The van der Waals surface area contributed by atoms with Crippen LogP contribution in [0, 0.1) is 0 Å². The Morgan fingerprint density at radius 3 is 2.10 bits per heavy atom. The van der Waals surface area contributed by atoms with E-state index in [1.165, 1.54) is 0 Å². The lowest BCUT2D eigenvalue weighted by Crippen LogP contribution is -2.23. The summed E-state index contributed by atoms with van der Waals surface area (Å²) in [5.41, 5.74) is 10.0. The lowest BCUT2D eigenvalue weighted by atomic mass is 10.2. The van der Waals surface area contributed by atoms with E-state index in [9.17, 15) is 14.4 Å². The quantitative estimate of drug-likeness (QED) is 0.730. The van der Waals surface area contributed by atoms with Crippen LogP contribution in [-0.4, -0.2) is 41.0 Å². The fourth-order valence-electron chi connectivity index (χ4n) is 1.47. The Kier molecular flexibility index (Phi) is 5.70. The first-order valence-corrected chi connectivity index (χ1v) is 6.46. The van der Waals surface area contributed by atoms with E-state index in [4.69, 9.17) is 20.9 Å². The molecule has 0 saturated carbocycles. The summed E-state index contributed by atoms with van der Waals surface area (Å²) >= 11 is 0. The predicted molar refractivity (Wildman–Crippen MR) is 72.8 cm³/mol. The van der Waals surface area contributed by atoms with Crippen LogP contribution in [0.1, 0.15) is 47.5 Å². The van der Waals surface area contributed by atoms with Gasteiger partial charge in [-0.25, -0.2) is 14.4 Å². The van der Waals surface area contributed by atoms with Crippen molar-refractivity contribution in [3.8, 4) is 0 Å². The molecular formula is C12H18N4O5. The van der Waals surface area contributed by atoms with E-state index in [2.05, 4.69) is 5.10 Å². The number of nitrogens with zero attached hydrogens (tertiary/aromatic N) is 2. The van der Waals surface area contributed by atoms with Crippen molar-refractivity contribution in [1.29, 1.82) is 0 Å². The summed E-state index contributed by atoms with van der Waals surface area (Å²) < 4.78 is 10.4. The van der Waals surface area contributed by atoms with Crippen LogP contribution in [0.15, 0.2) is 0 Å². The van der Waals surface area contributed by atoms with Crippen molar-refractivity contribution in [3.05, 3.63) is 11.3 Å². The van der Waals surface area contributed by atoms with Crippen molar-refractivity contribution >= 4 is 23.8 Å². The maximum Gasteiger partial charge on any atom is 0.359 e. The molecule has 1 rings (SSSR count). The number of esters is 2. The molecule has 0 aromatic carbocycles. The Morgan fingerprint density at radius 1 is 1.10 bits per heavy atom. The minimum Gasteiger partial charge on any atom is -0.462 e. The van der Waals surface area contributed by atoms with Crippen LogP contribution >= 0.6 is 0 Å². The lowest BCUT2D eigenvalue weighted by molar-refractivity contribution is 0.0455. The first-order valence-electron chi connectivity index (χ1n) is 6.46. The van der Waals surface area contributed by atoms with Crippen LogP contribution < -0.4 is 11.5 Å². The van der Waals surface area contributed by atoms with Crippen LogP contribution in [0.5, 0.6) is 0 Å². The molecule has 0 aliphatic heterocycles. The van der Waals surface area contributed by atoms with E-state index in [-0.39, 0.29) is 30.3 Å². The maximum atomic E-state index is 11.9. The molecule has 0 radical (unpaired) electrons. The molecule has 21 heavy (non-hydrogen) atoms. The molecule has 1 heterocycles. The number of primary amides is 1. The zero-order valence-electron chi connectivity index (χ0n) is 11.9. The van der Waals surface area contributed by atoms with Crippen molar-refractivity contribution < 1.29 is 23.9 Å². The van der Waals surface area contributed by atoms with Crippen molar-refractivity contribution in [2.24, 2.45) is 5.73 Å². The highest BCUT2D eigenvalue weighted by Gasteiger charge is 2.30. The molecule has 1 amide bonds. The average molecular weight is 298 g/mol. The number of hydrogen-bond donors (Lipinski definition) is 2. The second kappa shape index (κ2) is 7.27. The van der Waals surface area contributed by atoms with E-state index >= 15 is 0 Å². The second-order valence-electron chi connectivity index (χ2n) is 4.13. The highest BCUT2D eigenvalue weighted by Crippen LogP contribution is 2.19. The monoisotopic (exact) mass is 298 g/mol. The first kappa shape index (κ1) is 16.5. The van der Waals surface area contributed by atoms with E-state index in [0.717, 1.165) is 0 Å². The molecular weight excluding hydrogens is 280 g/mol. The van der Waals surface area contributed by atoms with Gasteiger partial charge in [-0.2, -0.15) is 9.78 Å². The zero-order valence-corrected chi connectivity index (χ0v) is 11.9. The van der Waals surface area contributed by atoms with Gasteiger partial charge in [0.25, 0.3) is 0 Å². The van der Waals surface area contributed by atoms with Crippen LogP contribution in [0.4, 0.5) is 10.6 Å². The molecule has 4 N–H and O–H groups in total. The minimum absolute atomic E-state index is 0.142. The molecule has 1 aromatic heterocycles. The number of amides is 1. The van der Waals surface area contributed by atoms with Crippen molar-refractivity contribution in [2.75, 3.05) is 18.9 Å². The molecule has 9 heteroatoms. The van der Waals surface area contributed by atoms with Crippen molar-refractivity contribution in [3.63, 3.8) is 0 Å². The Balaban J connectivity index is 3.21. The van der Waals surface area contributed by atoms with Gasteiger partial charge in [-0.1, -0.05) is 13.8 Å². The van der Waals surface area contributed by atoms with Gasteiger partial charge in [0.05, 0.1) is 13.2 Å². The summed E-state index contributed by atoms with van der Waals surface area (Å²) in [4.78, 5) is 35.0. The number of anilines is 1. The Labute approximate surface area is 121 Å². The van der Waals surface area contributed by atoms with Gasteiger partial charge in [0.1, 0.15) is 11.4 Å². The summed E-state index contributed by atoms with van der Waals surface area (Å²) in [6.45, 7) is 3.90. The maximum absolute atomic E-state index is 11.9. The molecule has 0 atom stereocenters. The Bertz CT molecular complexity index is 552. The fraction of sp³-hybridized carbons (Fsp3) is 0.500. The molecule has 0 aliphatic rings. The van der Waals surface area contributed by atoms with Crippen LogP contribution in [-0.2, 0) is 9.47 Å². The number of aromatic nitrogens is 2. The normalized spacial score (nSPS) is 10.2. The van der Waals surface area contributed by atoms with Gasteiger partial charge < -0.3 is 20.9 Å². The molecule has 0 spiro atoms. The van der Waals surface area contributed by atoms with E-state index in [1.54, 1.807) is 13.8 Å². The number of carbonyl (C=O) groups excluding carboxylic acids is 3. The smallest absolute Gasteiger partial charge is 0.359 e. The number of nitrogens with two attached hydrogens (primary N) is 2. The first-order chi connectivity index (χ1) is 9.93. The molecule has 0 saturated heterocycles. The van der Waals surface area contributed by atoms with E-state index in [1.807, 2.05) is 0 Å². The van der Waals surface area contributed by atoms with E-state index < -0.39 is 18.0 Å². The van der Waals surface area contributed by atoms with Crippen LogP contribution in [0.25, 0.3) is 0 Å². The molecule has 0 unspecified atom stereocenters. The highest BCUT2D eigenvalue weighted by atomic mass is 16.5. The summed E-state index contributed by atoms with van der Waals surface area (Å²) in [6.07, 6.45) is 1.18. The third-order valence-corrected chi connectivity index (χ3v) is 2.40. The average Bonchev–Trinajstić information content (AvgIpc) is 2.80. The van der Waals surface area contributed by atoms with Gasteiger partial charge >= 0.3 is 18.0 Å². The van der Waals surface area contributed by atoms with Gasteiger partial charge in [-0.15, -0.1) is 0 Å². The molecule has 1 aromatic rings. The Morgan fingerprint density at radius 2 is 1.62 bits per heavy atom. The minimum atomic E-state index is -1.02. The van der Waals surface area contributed by atoms with Crippen LogP contribution in [0.3, 0.4) is 0 Å². The van der Waals surface area contributed by atoms with Crippen LogP contribution in [0.2, 0.25) is 0 Å². The van der Waals surface area contributed by atoms with Crippen molar-refractivity contribution in [1.82, 2.24) is 9.78 Å². The third-order valence-electron chi connectivity index (χ3n) is 2.40. The lowest BCUT2D eigenvalue weighted by Gasteiger charge is -2.04. The summed E-state index contributed by atoms with van der Waals surface area (Å²) in [6, 6.07) is -1.02. The summed E-state index contributed by atoms with van der Waals surface area (Å²) in [5.74, 6) is -2.08. The van der Waals surface area contributed by atoms with Gasteiger partial charge in [0, 0.05) is 0 Å². The predicted octanol–water partition coefficient (Wildman–Crippen LogP) is 0.526. The third kappa shape index (κ3) is 3.71. The van der Waals surface area contributed by atoms with Gasteiger partial charge in [-0.05, 0) is 12.8 Å². The topological polar surface area (TPSA) is 140 Å². The number of nitrogen functional groups attached to an aromatic ring is 1. The molecule has 9 nitrogen and oxygen atoms in total. The summed E-state index contributed by atoms with van der Waals surface area (Å²) in [7, 11) is 0. The molecule has 0 aliphatic carbocycles. The molecule has 116 valence electrons. The van der Waals surface area contributed by atoms with Gasteiger partial charge in [-0.3, -0.25) is 0 Å². The van der Waals surface area contributed by atoms with Gasteiger partial charge in [0.15, 0.2) is 5.69 Å². The fourth-order valence-corrected chi connectivity index (χ4v) is 1.47. The SMILES string of the molecule is CCCOC(=O)c1nn(C(N)=O)c(N)c1C(=O)OCCC. The number of ether oxygens (including phenoxy) is 2. The largest absolute Gasteiger partial charge is 0.462 e. The molecule has 0 bridgehead atoms. The number of carbonyl (C=O) groups is 3. The Hall–Kier alpha value is -2.58. The van der Waals surface area contributed by atoms with Crippen molar-refractivity contribution in [2.45, 2.75) is 26.7 Å². The highest BCUT2D eigenvalue weighted by molar-refractivity contribution is 6.06. The standard InChI is InChI=1S/C12H18N4O5/c1-3-5-20-10(17)7-8(11(18)21-6-4-2)15-16(9(7)13)12(14)19/h3-6,13H2,1-2H3,(H2,14,19). The van der Waals surface area contributed by atoms with E-state index in [0.29, 0.717) is 17.5 Å². The number of rotatable bonds is 6.